The smallest absolute Gasteiger partial charge is 0.248 e. The van der Waals surface area contributed by atoms with E-state index >= 15 is 0 Å². The number of benzene rings is 1. The van der Waals surface area contributed by atoms with E-state index < -0.39 is 5.91 Å². The summed E-state index contributed by atoms with van der Waals surface area (Å²) in [6, 6.07) is 12.3. The maximum Gasteiger partial charge on any atom is 0.248 e. The van der Waals surface area contributed by atoms with Crippen LogP contribution in [0.4, 0.5) is 11.5 Å². The van der Waals surface area contributed by atoms with E-state index in [0.717, 1.165) is 25.2 Å². The molecule has 5 heteroatoms. The van der Waals surface area contributed by atoms with Gasteiger partial charge in [0.25, 0.3) is 0 Å². The third-order valence-electron chi connectivity index (χ3n) is 4.35. The minimum absolute atomic E-state index is 0.283. The minimum Gasteiger partial charge on any atom is -0.378 e. The summed E-state index contributed by atoms with van der Waals surface area (Å²) in [5.74, 6) is 0.401. The fraction of sp³-hybridized carbons (Fsp3) is 0.333. The van der Waals surface area contributed by atoms with Gasteiger partial charge >= 0.3 is 0 Å². The molecule has 1 fully saturated rings. The van der Waals surface area contributed by atoms with E-state index in [-0.39, 0.29) is 6.04 Å². The van der Waals surface area contributed by atoms with Gasteiger partial charge in [0.1, 0.15) is 5.82 Å². The standard InChI is InChI=1S/C18H22N4O/c1-21(2)15-6-3-5-13(11-15)16-7-4-10-22(16)17-12-14(18(19)23)8-9-20-17/h3,5-6,8-9,11-12,16H,4,7,10H2,1-2H3,(H2,19,23)/t16-/m0/s1. The van der Waals surface area contributed by atoms with Crippen molar-refractivity contribution in [2.24, 2.45) is 5.73 Å². The number of amides is 1. The number of hydrogen-bond donors (Lipinski definition) is 1. The molecule has 1 aromatic heterocycles. The molecule has 23 heavy (non-hydrogen) atoms. The second-order valence-electron chi connectivity index (χ2n) is 6.11. The average molecular weight is 310 g/mol. The molecule has 3 rings (SSSR count). The van der Waals surface area contributed by atoms with Gasteiger partial charge in [-0.2, -0.15) is 0 Å². The quantitative estimate of drug-likeness (QED) is 0.943. The van der Waals surface area contributed by atoms with E-state index in [2.05, 4.69) is 39.0 Å². The number of rotatable bonds is 4. The Kier molecular flexibility index (Phi) is 4.19. The highest BCUT2D eigenvalue weighted by Crippen LogP contribution is 2.36. The largest absolute Gasteiger partial charge is 0.378 e. The Hall–Kier alpha value is -2.56. The van der Waals surface area contributed by atoms with Crippen LogP contribution >= 0.6 is 0 Å². The van der Waals surface area contributed by atoms with Crippen molar-refractivity contribution < 1.29 is 4.79 Å². The van der Waals surface area contributed by atoms with Gasteiger partial charge in [-0.15, -0.1) is 0 Å². The molecular weight excluding hydrogens is 288 g/mol. The molecule has 1 saturated heterocycles. The van der Waals surface area contributed by atoms with Gasteiger partial charge in [0, 0.05) is 38.1 Å². The summed E-state index contributed by atoms with van der Waals surface area (Å²) in [6.45, 7) is 0.937. The third kappa shape index (κ3) is 3.13. The monoisotopic (exact) mass is 310 g/mol. The highest BCUT2D eigenvalue weighted by atomic mass is 16.1. The average Bonchev–Trinajstić information content (AvgIpc) is 3.04. The van der Waals surface area contributed by atoms with Crippen LogP contribution in [0.5, 0.6) is 0 Å². The Labute approximate surface area is 136 Å². The molecule has 0 aliphatic carbocycles. The second-order valence-corrected chi connectivity index (χ2v) is 6.11. The molecule has 1 atom stereocenters. The minimum atomic E-state index is -0.418. The van der Waals surface area contributed by atoms with Crippen LogP contribution in [0, 0.1) is 0 Å². The SMILES string of the molecule is CN(C)c1cccc([C@@H]2CCCN2c2cc(C(N)=O)ccn2)c1. The molecule has 2 N–H and O–H groups in total. The molecule has 120 valence electrons. The summed E-state index contributed by atoms with van der Waals surface area (Å²) < 4.78 is 0. The highest BCUT2D eigenvalue weighted by molar-refractivity contribution is 5.93. The van der Waals surface area contributed by atoms with Crippen molar-refractivity contribution in [3.8, 4) is 0 Å². The lowest BCUT2D eigenvalue weighted by molar-refractivity contribution is 0.1000. The van der Waals surface area contributed by atoms with Gasteiger partial charge in [0.05, 0.1) is 6.04 Å². The fourth-order valence-corrected chi connectivity index (χ4v) is 3.13. The predicted molar refractivity (Wildman–Crippen MR) is 92.8 cm³/mol. The lowest BCUT2D eigenvalue weighted by atomic mass is 10.0. The topological polar surface area (TPSA) is 62.5 Å². The van der Waals surface area contributed by atoms with Crippen molar-refractivity contribution in [2.75, 3.05) is 30.4 Å². The third-order valence-corrected chi connectivity index (χ3v) is 4.35. The Bertz CT molecular complexity index is 714. The molecule has 0 unspecified atom stereocenters. The van der Waals surface area contributed by atoms with Gasteiger partial charge in [0.15, 0.2) is 0 Å². The molecule has 0 saturated carbocycles. The molecule has 5 nitrogen and oxygen atoms in total. The Balaban J connectivity index is 1.93. The predicted octanol–water partition coefficient (Wildman–Crippen LogP) is 2.59. The first-order valence-electron chi connectivity index (χ1n) is 7.86. The molecule has 1 amide bonds. The van der Waals surface area contributed by atoms with Crippen molar-refractivity contribution in [2.45, 2.75) is 18.9 Å². The van der Waals surface area contributed by atoms with Gasteiger partial charge in [-0.25, -0.2) is 4.98 Å². The zero-order valence-electron chi connectivity index (χ0n) is 13.6. The van der Waals surface area contributed by atoms with Gasteiger partial charge in [-0.3, -0.25) is 4.79 Å². The summed E-state index contributed by atoms with van der Waals surface area (Å²) in [6.07, 6.45) is 3.85. The number of aromatic nitrogens is 1. The maximum absolute atomic E-state index is 11.4. The lowest BCUT2D eigenvalue weighted by Crippen LogP contribution is -2.24. The Morgan fingerprint density at radius 1 is 1.30 bits per heavy atom. The molecule has 1 aromatic carbocycles. The number of carbonyl (C=O) groups is 1. The van der Waals surface area contributed by atoms with Crippen LogP contribution in [-0.2, 0) is 0 Å². The number of anilines is 2. The second kappa shape index (κ2) is 6.28. The zero-order chi connectivity index (χ0) is 16.4. The number of pyridine rings is 1. The van der Waals surface area contributed by atoms with Crippen LogP contribution in [0.1, 0.15) is 34.8 Å². The van der Waals surface area contributed by atoms with Crippen molar-refractivity contribution in [3.63, 3.8) is 0 Å². The van der Waals surface area contributed by atoms with Crippen LogP contribution in [0.15, 0.2) is 42.6 Å². The van der Waals surface area contributed by atoms with Crippen LogP contribution < -0.4 is 15.5 Å². The maximum atomic E-state index is 11.4. The Morgan fingerprint density at radius 2 is 2.13 bits per heavy atom. The fourth-order valence-electron chi connectivity index (χ4n) is 3.13. The van der Waals surface area contributed by atoms with Gasteiger partial charge < -0.3 is 15.5 Å². The summed E-state index contributed by atoms with van der Waals surface area (Å²) in [5, 5.41) is 0. The van der Waals surface area contributed by atoms with Gasteiger partial charge in [0.2, 0.25) is 5.91 Å². The van der Waals surface area contributed by atoms with Crippen molar-refractivity contribution in [3.05, 3.63) is 53.7 Å². The molecule has 2 aromatic rings. The summed E-state index contributed by atoms with van der Waals surface area (Å²) in [7, 11) is 4.09. The van der Waals surface area contributed by atoms with E-state index in [0.29, 0.717) is 5.56 Å². The van der Waals surface area contributed by atoms with Gasteiger partial charge in [-0.1, -0.05) is 12.1 Å². The van der Waals surface area contributed by atoms with E-state index in [1.807, 2.05) is 14.1 Å². The lowest BCUT2D eigenvalue weighted by Gasteiger charge is -2.27. The van der Waals surface area contributed by atoms with Crippen LogP contribution in [0.2, 0.25) is 0 Å². The summed E-state index contributed by atoms with van der Waals surface area (Å²) in [4.78, 5) is 20.2. The molecule has 1 aliphatic rings. The zero-order valence-corrected chi connectivity index (χ0v) is 13.6. The molecule has 2 heterocycles. The molecule has 0 bridgehead atoms. The molecular formula is C18H22N4O. The highest BCUT2D eigenvalue weighted by Gasteiger charge is 2.27. The van der Waals surface area contributed by atoms with Gasteiger partial charge in [-0.05, 0) is 42.7 Å². The first-order valence-corrected chi connectivity index (χ1v) is 7.86. The molecule has 0 spiro atoms. The first kappa shape index (κ1) is 15.3. The van der Waals surface area contributed by atoms with E-state index in [4.69, 9.17) is 5.73 Å². The first-order chi connectivity index (χ1) is 11.1. The van der Waals surface area contributed by atoms with Crippen LogP contribution in [0.3, 0.4) is 0 Å². The number of primary amides is 1. The molecule has 1 aliphatic heterocycles. The van der Waals surface area contributed by atoms with Crippen molar-refractivity contribution in [1.82, 2.24) is 4.98 Å². The van der Waals surface area contributed by atoms with E-state index in [1.54, 1.807) is 18.3 Å². The Morgan fingerprint density at radius 3 is 2.87 bits per heavy atom. The van der Waals surface area contributed by atoms with Crippen molar-refractivity contribution in [1.29, 1.82) is 0 Å². The van der Waals surface area contributed by atoms with Crippen molar-refractivity contribution >= 4 is 17.4 Å². The number of hydrogen-bond acceptors (Lipinski definition) is 4. The number of carbonyl (C=O) groups excluding carboxylic acids is 1. The number of nitrogens with zero attached hydrogens (tertiary/aromatic N) is 3. The van der Waals surface area contributed by atoms with E-state index in [9.17, 15) is 4.79 Å². The molecule has 0 radical (unpaired) electrons. The summed E-state index contributed by atoms with van der Waals surface area (Å²) in [5.41, 5.74) is 8.36. The summed E-state index contributed by atoms with van der Waals surface area (Å²) >= 11 is 0. The normalized spacial score (nSPS) is 17.3. The number of nitrogens with two attached hydrogens (primary N) is 1. The van der Waals surface area contributed by atoms with Crippen LogP contribution in [-0.4, -0.2) is 31.5 Å². The van der Waals surface area contributed by atoms with Crippen LogP contribution in [0.25, 0.3) is 0 Å². The van der Waals surface area contributed by atoms with E-state index in [1.165, 1.54) is 11.3 Å².